The normalized spacial score (nSPS) is 11.1. The molecule has 0 aliphatic rings. The summed E-state index contributed by atoms with van der Waals surface area (Å²) < 4.78 is 10.0. The molecule has 0 atom stereocenters. The van der Waals surface area contributed by atoms with Gasteiger partial charge in [0, 0.05) is 11.6 Å². The maximum atomic E-state index is 11.1. The Hall–Kier alpha value is -2.88. The number of methoxy groups -OCH3 is 1. The van der Waals surface area contributed by atoms with Crippen molar-refractivity contribution in [1.82, 2.24) is 5.16 Å². The first-order chi connectivity index (χ1) is 10.3. The first-order valence-electron chi connectivity index (χ1n) is 6.49. The van der Waals surface area contributed by atoms with E-state index in [1.165, 1.54) is 13.2 Å². The maximum Gasteiger partial charge on any atom is 0.330 e. The van der Waals surface area contributed by atoms with E-state index in [0.717, 1.165) is 27.8 Å². The Morgan fingerprint density at radius 1 is 1.19 bits per heavy atom. The van der Waals surface area contributed by atoms with Crippen molar-refractivity contribution >= 4 is 22.9 Å². The van der Waals surface area contributed by atoms with Crippen molar-refractivity contribution < 1.29 is 14.1 Å². The number of fused-ring (bicyclic) bond motifs is 1. The number of benzene rings is 2. The number of esters is 1. The van der Waals surface area contributed by atoms with Gasteiger partial charge in [0.05, 0.1) is 12.5 Å². The monoisotopic (exact) mass is 279 g/mol. The van der Waals surface area contributed by atoms with Crippen LogP contribution in [0, 0.1) is 0 Å². The van der Waals surface area contributed by atoms with Crippen LogP contribution in [0.3, 0.4) is 0 Å². The van der Waals surface area contributed by atoms with Gasteiger partial charge in [0.2, 0.25) is 0 Å². The minimum Gasteiger partial charge on any atom is -0.466 e. The Morgan fingerprint density at radius 3 is 2.76 bits per heavy atom. The molecule has 0 spiro atoms. The molecular formula is C17H13NO3. The average Bonchev–Trinajstić information content (AvgIpc) is 2.96. The first-order valence-corrected chi connectivity index (χ1v) is 6.49. The number of hydrogen-bond donors (Lipinski definition) is 0. The highest BCUT2D eigenvalue weighted by atomic mass is 16.5. The summed E-state index contributed by atoms with van der Waals surface area (Å²) in [6.45, 7) is 0. The summed E-state index contributed by atoms with van der Waals surface area (Å²) in [6.07, 6.45) is 3.09. The van der Waals surface area contributed by atoms with Gasteiger partial charge in [0.15, 0.2) is 5.76 Å². The van der Waals surface area contributed by atoms with E-state index in [9.17, 15) is 4.79 Å². The van der Waals surface area contributed by atoms with Gasteiger partial charge in [-0.15, -0.1) is 0 Å². The number of aromatic nitrogens is 1. The highest BCUT2D eigenvalue weighted by Gasteiger charge is 2.10. The lowest BCUT2D eigenvalue weighted by atomic mass is 10.1. The zero-order valence-electron chi connectivity index (χ0n) is 11.4. The van der Waals surface area contributed by atoms with E-state index < -0.39 is 0 Å². The van der Waals surface area contributed by atoms with E-state index in [1.54, 1.807) is 6.08 Å². The topological polar surface area (TPSA) is 52.3 Å². The third kappa shape index (κ3) is 2.69. The van der Waals surface area contributed by atoms with Crippen LogP contribution in [0.4, 0.5) is 0 Å². The number of carbonyl (C=O) groups excluding carboxylic acids is 1. The van der Waals surface area contributed by atoms with Gasteiger partial charge < -0.3 is 9.26 Å². The van der Waals surface area contributed by atoms with Gasteiger partial charge in [-0.2, -0.15) is 0 Å². The minimum absolute atomic E-state index is 0.385. The van der Waals surface area contributed by atoms with Crippen LogP contribution in [0.15, 0.2) is 59.1 Å². The fourth-order valence-electron chi connectivity index (χ4n) is 2.09. The Labute approximate surface area is 121 Å². The summed E-state index contributed by atoms with van der Waals surface area (Å²) in [7, 11) is 1.35. The molecule has 21 heavy (non-hydrogen) atoms. The summed E-state index contributed by atoms with van der Waals surface area (Å²) in [5.74, 6) is 0.336. The van der Waals surface area contributed by atoms with Crippen LogP contribution in [0.25, 0.3) is 28.3 Å². The van der Waals surface area contributed by atoms with E-state index in [-0.39, 0.29) is 5.97 Å². The summed E-state index contributed by atoms with van der Waals surface area (Å²) in [5.41, 5.74) is 2.63. The van der Waals surface area contributed by atoms with Crippen molar-refractivity contribution in [1.29, 1.82) is 0 Å². The second-order valence-corrected chi connectivity index (χ2v) is 4.51. The molecule has 0 bridgehead atoms. The van der Waals surface area contributed by atoms with E-state index in [1.807, 2.05) is 48.5 Å². The summed E-state index contributed by atoms with van der Waals surface area (Å²) in [6, 6.07) is 15.5. The molecule has 0 aliphatic heterocycles. The molecule has 0 saturated carbocycles. The molecule has 0 amide bonds. The second kappa shape index (κ2) is 5.63. The summed E-state index contributed by atoms with van der Waals surface area (Å²) in [4.78, 5) is 11.1. The van der Waals surface area contributed by atoms with Crippen LogP contribution in [0.5, 0.6) is 0 Å². The standard InChI is InChI=1S/C17H13NO3/c1-20-16(19)10-8-12-7-9-15-14(11-12)17(21-18-15)13-5-3-2-4-6-13/h2-11H,1H3/b10-8+. The van der Waals surface area contributed by atoms with Gasteiger partial charge in [-0.3, -0.25) is 0 Å². The van der Waals surface area contributed by atoms with Crippen molar-refractivity contribution in [2.24, 2.45) is 0 Å². The van der Waals surface area contributed by atoms with Gasteiger partial charge >= 0.3 is 5.97 Å². The Bertz CT molecular complexity index is 803. The van der Waals surface area contributed by atoms with E-state index in [4.69, 9.17) is 4.52 Å². The zero-order valence-corrected chi connectivity index (χ0v) is 11.4. The largest absolute Gasteiger partial charge is 0.466 e. The lowest BCUT2D eigenvalue weighted by molar-refractivity contribution is -0.134. The van der Waals surface area contributed by atoms with E-state index >= 15 is 0 Å². The Morgan fingerprint density at radius 2 is 2.00 bits per heavy atom. The number of ether oxygens (including phenoxy) is 1. The van der Waals surface area contributed by atoms with Crippen molar-refractivity contribution in [3.8, 4) is 11.3 Å². The molecule has 1 aromatic heterocycles. The molecule has 0 N–H and O–H groups in total. The molecule has 104 valence electrons. The molecule has 2 aromatic carbocycles. The Kier molecular flexibility index (Phi) is 3.51. The van der Waals surface area contributed by atoms with Gasteiger partial charge in [0.1, 0.15) is 5.52 Å². The highest BCUT2D eigenvalue weighted by molar-refractivity contribution is 5.94. The fourth-order valence-corrected chi connectivity index (χ4v) is 2.09. The summed E-state index contributed by atoms with van der Waals surface area (Å²) in [5, 5.41) is 4.97. The molecule has 0 saturated heterocycles. The average molecular weight is 279 g/mol. The van der Waals surface area contributed by atoms with E-state index in [0.29, 0.717) is 0 Å². The van der Waals surface area contributed by atoms with Crippen molar-refractivity contribution in [3.05, 3.63) is 60.2 Å². The van der Waals surface area contributed by atoms with E-state index in [2.05, 4.69) is 9.89 Å². The van der Waals surface area contributed by atoms with Crippen molar-refractivity contribution in [3.63, 3.8) is 0 Å². The van der Waals surface area contributed by atoms with Gasteiger partial charge in [-0.25, -0.2) is 4.79 Å². The zero-order chi connectivity index (χ0) is 14.7. The quantitative estimate of drug-likeness (QED) is 0.542. The molecular weight excluding hydrogens is 266 g/mol. The lowest BCUT2D eigenvalue weighted by Crippen LogP contribution is -1.93. The molecule has 0 fully saturated rings. The molecule has 0 radical (unpaired) electrons. The van der Waals surface area contributed by atoms with Crippen LogP contribution < -0.4 is 0 Å². The number of hydrogen-bond acceptors (Lipinski definition) is 4. The van der Waals surface area contributed by atoms with Crippen molar-refractivity contribution in [2.45, 2.75) is 0 Å². The molecule has 1 heterocycles. The third-order valence-corrected chi connectivity index (χ3v) is 3.15. The summed E-state index contributed by atoms with van der Waals surface area (Å²) >= 11 is 0. The predicted octanol–water partition coefficient (Wildman–Crippen LogP) is 3.68. The number of rotatable bonds is 3. The van der Waals surface area contributed by atoms with Crippen molar-refractivity contribution in [2.75, 3.05) is 7.11 Å². The first kappa shape index (κ1) is 13.1. The fraction of sp³-hybridized carbons (Fsp3) is 0.0588. The number of carbonyl (C=O) groups is 1. The third-order valence-electron chi connectivity index (χ3n) is 3.15. The second-order valence-electron chi connectivity index (χ2n) is 4.51. The van der Waals surface area contributed by atoms with Crippen LogP contribution >= 0.6 is 0 Å². The smallest absolute Gasteiger partial charge is 0.330 e. The molecule has 0 unspecified atom stereocenters. The number of nitrogens with zero attached hydrogens (tertiary/aromatic N) is 1. The van der Waals surface area contributed by atoms with Crippen LogP contribution in [-0.2, 0) is 9.53 Å². The minimum atomic E-state index is -0.385. The molecule has 4 nitrogen and oxygen atoms in total. The molecule has 3 rings (SSSR count). The maximum absolute atomic E-state index is 11.1. The SMILES string of the molecule is COC(=O)/C=C/c1ccc2noc(-c3ccccc3)c2c1. The molecule has 0 aliphatic carbocycles. The van der Waals surface area contributed by atoms with Crippen LogP contribution in [-0.4, -0.2) is 18.2 Å². The highest BCUT2D eigenvalue weighted by Crippen LogP contribution is 2.29. The van der Waals surface area contributed by atoms with Crippen LogP contribution in [0.2, 0.25) is 0 Å². The predicted molar refractivity (Wildman–Crippen MR) is 80.5 cm³/mol. The molecule has 4 heteroatoms. The molecule has 3 aromatic rings. The Balaban J connectivity index is 2.04. The van der Waals surface area contributed by atoms with Gasteiger partial charge in [0.25, 0.3) is 0 Å². The van der Waals surface area contributed by atoms with Gasteiger partial charge in [-0.05, 0) is 23.8 Å². The van der Waals surface area contributed by atoms with Crippen LogP contribution in [0.1, 0.15) is 5.56 Å². The lowest BCUT2D eigenvalue weighted by Gasteiger charge is -1.97. The van der Waals surface area contributed by atoms with Gasteiger partial charge in [-0.1, -0.05) is 41.6 Å².